The Balaban J connectivity index is 2.28. The van der Waals surface area contributed by atoms with Crippen molar-refractivity contribution in [1.82, 2.24) is 0 Å². The number of rotatable bonds is 9. The highest BCUT2D eigenvalue weighted by molar-refractivity contribution is 7.80. The molecule has 0 unspecified atom stereocenters. The molecular formula is C14H20N2O3S. The smallest absolute Gasteiger partial charge is 0.224 e. The number of ether oxygens (including phenoxy) is 2. The molecule has 0 radical (unpaired) electrons. The molecule has 0 aromatic heterocycles. The minimum Gasteiger partial charge on any atom is -0.389 e. The largest absolute Gasteiger partial charge is 0.389 e. The van der Waals surface area contributed by atoms with Crippen LogP contribution in [0.4, 0.5) is 5.69 Å². The summed E-state index contributed by atoms with van der Waals surface area (Å²) in [5, 5.41) is 2.80. The van der Waals surface area contributed by atoms with Gasteiger partial charge in [-0.3, -0.25) is 4.79 Å². The lowest BCUT2D eigenvalue weighted by Gasteiger charge is -2.07. The number of carbonyl (C=O) groups excluding carboxylic acids is 1. The lowest BCUT2D eigenvalue weighted by Crippen LogP contribution is -2.14. The van der Waals surface area contributed by atoms with Gasteiger partial charge in [0.15, 0.2) is 0 Å². The molecule has 1 aromatic carbocycles. The maximum Gasteiger partial charge on any atom is 0.224 e. The number of hydrogen-bond acceptors (Lipinski definition) is 4. The van der Waals surface area contributed by atoms with Gasteiger partial charge in [-0.2, -0.15) is 0 Å². The van der Waals surface area contributed by atoms with Crippen molar-refractivity contribution in [1.29, 1.82) is 0 Å². The number of nitrogens with two attached hydrogens (primary N) is 1. The molecule has 1 amide bonds. The molecule has 0 heterocycles. The fourth-order valence-corrected chi connectivity index (χ4v) is 1.68. The van der Waals surface area contributed by atoms with Crippen molar-refractivity contribution in [3.05, 3.63) is 29.8 Å². The van der Waals surface area contributed by atoms with Crippen LogP contribution >= 0.6 is 12.2 Å². The first-order valence-corrected chi connectivity index (χ1v) is 6.80. The normalized spacial score (nSPS) is 10.2. The van der Waals surface area contributed by atoms with Crippen molar-refractivity contribution in [3.63, 3.8) is 0 Å². The number of hydrogen-bond donors (Lipinski definition) is 2. The van der Waals surface area contributed by atoms with Crippen molar-refractivity contribution >= 4 is 28.8 Å². The third-order valence-electron chi connectivity index (χ3n) is 2.56. The minimum absolute atomic E-state index is 0.0552. The molecule has 0 aliphatic carbocycles. The molecule has 5 nitrogen and oxygen atoms in total. The number of carbonyl (C=O) groups is 1. The fourth-order valence-electron chi connectivity index (χ4n) is 1.55. The second-order valence-corrected chi connectivity index (χ2v) is 4.64. The first kappa shape index (κ1) is 16.6. The molecular weight excluding hydrogens is 276 g/mol. The van der Waals surface area contributed by atoms with Crippen LogP contribution in [0.1, 0.15) is 18.4 Å². The highest BCUT2D eigenvalue weighted by atomic mass is 32.1. The molecule has 6 heteroatoms. The van der Waals surface area contributed by atoms with E-state index in [2.05, 4.69) is 5.32 Å². The Morgan fingerprint density at radius 3 is 2.85 bits per heavy atom. The summed E-state index contributed by atoms with van der Waals surface area (Å²) in [5.41, 5.74) is 6.98. The van der Waals surface area contributed by atoms with E-state index in [9.17, 15) is 4.79 Å². The molecule has 0 fully saturated rings. The zero-order chi connectivity index (χ0) is 14.8. The molecule has 0 aliphatic rings. The predicted molar refractivity (Wildman–Crippen MR) is 82.9 cm³/mol. The second-order valence-electron chi connectivity index (χ2n) is 4.20. The molecule has 1 aromatic rings. The van der Waals surface area contributed by atoms with E-state index in [1.165, 1.54) is 0 Å². The molecule has 3 N–H and O–H groups in total. The zero-order valence-electron chi connectivity index (χ0n) is 11.6. The van der Waals surface area contributed by atoms with Gasteiger partial charge in [-0.15, -0.1) is 0 Å². The summed E-state index contributed by atoms with van der Waals surface area (Å²) in [5.74, 6) is -0.0552. The summed E-state index contributed by atoms with van der Waals surface area (Å²) in [6.07, 6.45) is 1.08. The van der Waals surface area contributed by atoms with E-state index < -0.39 is 0 Å². The van der Waals surface area contributed by atoms with Gasteiger partial charge in [0.1, 0.15) is 4.99 Å². The van der Waals surface area contributed by atoms with Crippen LogP contribution in [0.15, 0.2) is 24.3 Å². The van der Waals surface area contributed by atoms with Gasteiger partial charge in [-0.05, 0) is 18.6 Å². The lowest BCUT2D eigenvalue weighted by molar-refractivity contribution is -0.116. The highest BCUT2D eigenvalue weighted by Crippen LogP contribution is 2.11. The summed E-state index contributed by atoms with van der Waals surface area (Å²) >= 11 is 4.89. The Labute approximate surface area is 124 Å². The van der Waals surface area contributed by atoms with E-state index >= 15 is 0 Å². The van der Waals surface area contributed by atoms with Crippen LogP contribution in [0.5, 0.6) is 0 Å². The Hall–Kier alpha value is -1.50. The number of anilines is 1. The van der Waals surface area contributed by atoms with Gasteiger partial charge in [0.2, 0.25) is 5.91 Å². The van der Waals surface area contributed by atoms with Gasteiger partial charge in [0.05, 0.1) is 13.2 Å². The number of nitrogens with one attached hydrogen (secondary N) is 1. The van der Waals surface area contributed by atoms with Crippen LogP contribution in [0.25, 0.3) is 0 Å². The zero-order valence-corrected chi connectivity index (χ0v) is 12.4. The molecule has 0 bridgehead atoms. The molecule has 20 heavy (non-hydrogen) atoms. The molecule has 0 atom stereocenters. The molecule has 1 rings (SSSR count). The predicted octanol–water partition coefficient (Wildman–Crippen LogP) is 1.70. The number of benzene rings is 1. The maximum absolute atomic E-state index is 11.7. The van der Waals surface area contributed by atoms with Gasteiger partial charge in [-0.25, -0.2) is 0 Å². The third-order valence-corrected chi connectivity index (χ3v) is 2.79. The van der Waals surface area contributed by atoms with Gasteiger partial charge in [-0.1, -0.05) is 24.4 Å². The van der Waals surface area contributed by atoms with Crippen LogP contribution in [-0.2, 0) is 14.3 Å². The Morgan fingerprint density at radius 2 is 2.15 bits per heavy atom. The van der Waals surface area contributed by atoms with E-state index in [4.69, 9.17) is 27.4 Å². The standard InChI is InChI=1S/C14H20N2O3S/c1-18-8-9-19-7-3-6-13(17)16-12-5-2-4-11(10-12)14(15)20/h2,4-5,10H,3,6-9H2,1H3,(H2,15,20)(H,16,17). The molecule has 0 spiro atoms. The van der Waals surface area contributed by atoms with Gasteiger partial charge < -0.3 is 20.5 Å². The van der Waals surface area contributed by atoms with Crippen molar-refractivity contribution in [2.75, 3.05) is 32.2 Å². The topological polar surface area (TPSA) is 73.6 Å². The Bertz CT molecular complexity index is 452. The van der Waals surface area contributed by atoms with Crippen molar-refractivity contribution < 1.29 is 14.3 Å². The summed E-state index contributed by atoms with van der Waals surface area (Å²) in [6, 6.07) is 7.17. The van der Waals surface area contributed by atoms with Crippen LogP contribution in [0.2, 0.25) is 0 Å². The number of methoxy groups -OCH3 is 1. The van der Waals surface area contributed by atoms with Gasteiger partial charge >= 0.3 is 0 Å². The van der Waals surface area contributed by atoms with Crippen molar-refractivity contribution in [2.45, 2.75) is 12.8 Å². The van der Waals surface area contributed by atoms with E-state index in [-0.39, 0.29) is 5.91 Å². The van der Waals surface area contributed by atoms with Gasteiger partial charge in [0.25, 0.3) is 0 Å². The summed E-state index contributed by atoms with van der Waals surface area (Å²) in [7, 11) is 1.62. The van der Waals surface area contributed by atoms with E-state index in [1.807, 2.05) is 6.07 Å². The maximum atomic E-state index is 11.7. The SMILES string of the molecule is COCCOCCCC(=O)Nc1cccc(C(N)=S)c1. The number of amides is 1. The monoisotopic (exact) mass is 296 g/mol. The number of thiocarbonyl (C=S) groups is 1. The van der Waals surface area contributed by atoms with Gasteiger partial charge in [0, 0.05) is 31.4 Å². The van der Waals surface area contributed by atoms with Crippen LogP contribution < -0.4 is 11.1 Å². The van der Waals surface area contributed by atoms with Crippen molar-refractivity contribution in [2.24, 2.45) is 5.73 Å². The third kappa shape index (κ3) is 6.60. The lowest BCUT2D eigenvalue weighted by atomic mass is 10.2. The van der Waals surface area contributed by atoms with Crippen LogP contribution in [0, 0.1) is 0 Å². The van der Waals surface area contributed by atoms with E-state index in [0.29, 0.717) is 43.3 Å². The average molecular weight is 296 g/mol. The second kappa shape index (κ2) is 9.41. The van der Waals surface area contributed by atoms with Crippen LogP contribution in [0.3, 0.4) is 0 Å². The van der Waals surface area contributed by atoms with Crippen LogP contribution in [-0.4, -0.2) is 37.8 Å². The summed E-state index contributed by atoms with van der Waals surface area (Å²) in [4.78, 5) is 12.0. The fraction of sp³-hybridized carbons (Fsp3) is 0.429. The Kier molecular flexibility index (Phi) is 7.79. The minimum atomic E-state index is -0.0552. The molecule has 0 saturated carbocycles. The van der Waals surface area contributed by atoms with E-state index in [1.54, 1.807) is 25.3 Å². The Morgan fingerprint density at radius 1 is 1.35 bits per heavy atom. The quantitative estimate of drug-likeness (QED) is 0.536. The van der Waals surface area contributed by atoms with E-state index in [0.717, 1.165) is 5.56 Å². The molecule has 0 aliphatic heterocycles. The summed E-state index contributed by atoms with van der Waals surface area (Å²) < 4.78 is 10.1. The highest BCUT2D eigenvalue weighted by Gasteiger charge is 2.04. The summed E-state index contributed by atoms with van der Waals surface area (Å²) in [6.45, 7) is 1.66. The molecule has 110 valence electrons. The first-order chi connectivity index (χ1) is 9.63. The first-order valence-electron chi connectivity index (χ1n) is 6.40. The molecule has 0 saturated heterocycles. The average Bonchev–Trinajstić information content (AvgIpc) is 2.43. The van der Waals surface area contributed by atoms with Crippen molar-refractivity contribution in [3.8, 4) is 0 Å².